The van der Waals surface area contributed by atoms with Crippen LogP contribution in [0.2, 0.25) is 0 Å². The third kappa shape index (κ3) is 4.20. The van der Waals surface area contributed by atoms with E-state index < -0.39 is 16.1 Å². The first-order valence-corrected chi connectivity index (χ1v) is 9.97. The van der Waals surface area contributed by atoms with Crippen LogP contribution in [-0.4, -0.2) is 56.6 Å². The fourth-order valence-electron chi connectivity index (χ4n) is 3.34. The van der Waals surface area contributed by atoms with E-state index in [1.165, 1.54) is 4.31 Å². The van der Waals surface area contributed by atoms with Crippen LogP contribution in [0.1, 0.15) is 46.0 Å². The average Bonchev–Trinajstić information content (AvgIpc) is 2.96. The molecule has 0 aromatic carbocycles. The zero-order chi connectivity index (χ0) is 16.2. The fourth-order valence-corrected chi connectivity index (χ4v) is 5.08. The summed E-state index contributed by atoms with van der Waals surface area (Å²) in [4.78, 5) is 12.5. The van der Waals surface area contributed by atoms with Gasteiger partial charge in [0.1, 0.15) is 6.04 Å². The highest BCUT2D eigenvalue weighted by Crippen LogP contribution is 2.27. The first-order valence-electron chi connectivity index (χ1n) is 8.36. The molecule has 6 nitrogen and oxygen atoms in total. The van der Waals surface area contributed by atoms with Crippen molar-refractivity contribution in [3.05, 3.63) is 0 Å². The van der Waals surface area contributed by atoms with Gasteiger partial charge in [0.05, 0.1) is 5.75 Å². The van der Waals surface area contributed by atoms with Gasteiger partial charge in [0.25, 0.3) is 0 Å². The number of nitrogens with zero attached hydrogens (tertiary/aromatic N) is 1. The maximum absolute atomic E-state index is 12.5. The monoisotopic (exact) mass is 331 g/mol. The van der Waals surface area contributed by atoms with Crippen molar-refractivity contribution in [1.82, 2.24) is 14.9 Å². The van der Waals surface area contributed by atoms with Crippen LogP contribution in [0.4, 0.5) is 0 Å². The number of hydrogen-bond acceptors (Lipinski definition) is 4. The first kappa shape index (κ1) is 17.7. The number of amides is 1. The second kappa shape index (κ2) is 7.27. The Morgan fingerprint density at radius 3 is 2.68 bits per heavy atom. The third-order valence-electron chi connectivity index (χ3n) is 4.83. The van der Waals surface area contributed by atoms with E-state index >= 15 is 0 Å². The number of rotatable bonds is 6. The second-order valence-corrected chi connectivity index (χ2v) is 8.90. The molecule has 22 heavy (non-hydrogen) atoms. The van der Waals surface area contributed by atoms with Crippen LogP contribution in [0.5, 0.6) is 0 Å². The Morgan fingerprint density at radius 2 is 2.05 bits per heavy atom. The molecule has 0 bridgehead atoms. The van der Waals surface area contributed by atoms with Crippen molar-refractivity contribution < 1.29 is 13.2 Å². The minimum Gasteiger partial charge on any atom is -0.354 e. The molecule has 1 atom stereocenters. The Bertz CT molecular complexity index is 486. The molecule has 2 rings (SSSR count). The molecule has 2 saturated heterocycles. The summed E-state index contributed by atoms with van der Waals surface area (Å²) < 4.78 is 25.9. The molecule has 0 aromatic heterocycles. The van der Waals surface area contributed by atoms with E-state index in [0.29, 0.717) is 25.9 Å². The largest absolute Gasteiger partial charge is 0.354 e. The lowest BCUT2D eigenvalue weighted by Crippen LogP contribution is -2.50. The molecule has 0 aromatic rings. The second-order valence-electron chi connectivity index (χ2n) is 6.86. The van der Waals surface area contributed by atoms with Gasteiger partial charge in [0.15, 0.2) is 0 Å². The van der Waals surface area contributed by atoms with Gasteiger partial charge >= 0.3 is 0 Å². The van der Waals surface area contributed by atoms with Crippen molar-refractivity contribution in [2.24, 2.45) is 5.41 Å². The van der Waals surface area contributed by atoms with Crippen LogP contribution in [0.15, 0.2) is 0 Å². The molecule has 0 aliphatic carbocycles. The van der Waals surface area contributed by atoms with Gasteiger partial charge in [-0.1, -0.05) is 13.8 Å². The van der Waals surface area contributed by atoms with Gasteiger partial charge < -0.3 is 10.6 Å². The highest BCUT2D eigenvalue weighted by Gasteiger charge is 2.38. The maximum Gasteiger partial charge on any atom is 0.238 e. The van der Waals surface area contributed by atoms with Gasteiger partial charge in [0, 0.05) is 13.1 Å². The van der Waals surface area contributed by atoms with E-state index in [-0.39, 0.29) is 17.1 Å². The van der Waals surface area contributed by atoms with E-state index in [1.54, 1.807) is 0 Å². The van der Waals surface area contributed by atoms with E-state index in [4.69, 9.17) is 0 Å². The summed E-state index contributed by atoms with van der Waals surface area (Å²) in [7, 11) is -3.30. The molecule has 2 aliphatic rings. The van der Waals surface area contributed by atoms with E-state index in [0.717, 1.165) is 32.4 Å². The Labute approximate surface area is 134 Å². The lowest BCUT2D eigenvalue weighted by atomic mass is 9.81. The molecule has 128 valence electrons. The zero-order valence-electron chi connectivity index (χ0n) is 13.7. The Balaban J connectivity index is 1.93. The van der Waals surface area contributed by atoms with E-state index in [9.17, 15) is 13.2 Å². The summed E-state index contributed by atoms with van der Waals surface area (Å²) in [6.45, 7) is 7.10. The SMILES string of the molecule is CCCS(=O)(=O)N1CCCC1C(=O)NCC1(C)CCNCC1. The van der Waals surface area contributed by atoms with Crippen LogP contribution >= 0.6 is 0 Å². The smallest absolute Gasteiger partial charge is 0.238 e. The summed E-state index contributed by atoms with van der Waals surface area (Å²) in [5.74, 6) is -0.00267. The van der Waals surface area contributed by atoms with E-state index in [1.807, 2.05) is 6.92 Å². The number of sulfonamides is 1. The quantitative estimate of drug-likeness (QED) is 0.751. The lowest BCUT2D eigenvalue weighted by Gasteiger charge is -2.34. The number of nitrogens with one attached hydrogen (secondary N) is 2. The number of piperidine rings is 1. The van der Waals surface area contributed by atoms with Crippen molar-refractivity contribution in [3.8, 4) is 0 Å². The predicted octanol–water partition coefficient (Wildman–Crippen LogP) is 0.697. The molecule has 0 spiro atoms. The van der Waals surface area contributed by atoms with Gasteiger partial charge in [-0.05, 0) is 50.6 Å². The van der Waals surface area contributed by atoms with Crippen molar-refractivity contribution >= 4 is 15.9 Å². The van der Waals surface area contributed by atoms with Crippen molar-refractivity contribution in [3.63, 3.8) is 0 Å². The molecular formula is C15H29N3O3S. The number of carbonyl (C=O) groups excluding carboxylic acids is 1. The van der Waals surface area contributed by atoms with Crippen LogP contribution in [0, 0.1) is 5.41 Å². The van der Waals surface area contributed by atoms with Gasteiger partial charge in [-0.25, -0.2) is 8.42 Å². The predicted molar refractivity (Wildman–Crippen MR) is 87.0 cm³/mol. The first-order chi connectivity index (χ1) is 10.4. The molecule has 2 N–H and O–H groups in total. The van der Waals surface area contributed by atoms with Crippen LogP contribution in [0.3, 0.4) is 0 Å². The summed E-state index contributed by atoms with van der Waals surface area (Å²) >= 11 is 0. The minimum atomic E-state index is -3.30. The van der Waals surface area contributed by atoms with Crippen molar-refractivity contribution in [2.45, 2.75) is 52.0 Å². The molecule has 7 heteroatoms. The molecule has 0 radical (unpaired) electrons. The molecule has 2 heterocycles. The molecule has 1 amide bonds. The number of carbonyl (C=O) groups is 1. The standard InChI is InChI=1S/C15H29N3O3S/c1-3-11-22(20,21)18-10-4-5-13(18)14(19)17-12-15(2)6-8-16-9-7-15/h13,16H,3-12H2,1-2H3,(H,17,19). The zero-order valence-corrected chi connectivity index (χ0v) is 14.5. The summed E-state index contributed by atoms with van der Waals surface area (Å²) in [5, 5.41) is 6.33. The lowest BCUT2D eigenvalue weighted by molar-refractivity contribution is -0.124. The van der Waals surface area contributed by atoms with Crippen LogP contribution in [0.25, 0.3) is 0 Å². The molecule has 2 aliphatic heterocycles. The minimum absolute atomic E-state index is 0.118. The molecule has 1 unspecified atom stereocenters. The Hall–Kier alpha value is -0.660. The summed E-state index contributed by atoms with van der Waals surface area (Å²) in [6.07, 6.45) is 4.05. The Morgan fingerprint density at radius 1 is 1.36 bits per heavy atom. The average molecular weight is 331 g/mol. The Kier molecular flexibility index (Phi) is 5.85. The normalized spacial score (nSPS) is 26.0. The third-order valence-corrected chi connectivity index (χ3v) is 6.90. The topological polar surface area (TPSA) is 78.5 Å². The molecular weight excluding hydrogens is 302 g/mol. The molecule has 2 fully saturated rings. The highest BCUT2D eigenvalue weighted by atomic mass is 32.2. The van der Waals surface area contributed by atoms with Gasteiger partial charge in [0.2, 0.25) is 15.9 Å². The van der Waals surface area contributed by atoms with Crippen molar-refractivity contribution in [2.75, 3.05) is 31.9 Å². The van der Waals surface area contributed by atoms with Gasteiger partial charge in [-0.2, -0.15) is 4.31 Å². The highest BCUT2D eigenvalue weighted by molar-refractivity contribution is 7.89. The molecule has 0 saturated carbocycles. The van der Waals surface area contributed by atoms with Crippen molar-refractivity contribution in [1.29, 1.82) is 0 Å². The van der Waals surface area contributed by atoms with Gasteiger partial charge in [-0.3, -0.25) is 4.79 Å². The number of hydrogen-bond donors (Lipinski definition) is 2. The van der Waals surface area contributed by atoms with Crippen LogP contribution in [-0.2, 0) is 14.8 Å². The fraction of sp³-hybridized carbons (Fsp3) is 0.933. The van der Waals surface area contributed by atoms with Crippen LogP contribution < -0.4 is 10.6 Å². The maximum atomic E-state index is 12.5. The van der Waals surface area contributed by atoms with Gasteiger partial charge in [-0.15, -0.1) is 0 Å². The van der Waals surface area contributed by atoms with E-state index in [2.05, 4.69) is 17.6 Å². The summed E-state index contributed by atoms with van der Waals surface area (Å²) in [5.41, 5.74) is 0.118. The summed E-state index contributed by atoms with van der Waals surface area (Å²) in [6, 6.07) is -0.512.